The summed E-state index contributed by atoms with van der Waals surface area (Å²) < 4.78 is 0. The molecule has 0 radical (unpaired) electrons. The van der Waals surface area contributed by atoms with Crippen molar-refractivity contribution >= 4 is 11.8 Å². The molecule has 2 aliphatic heterocycles. The van der Waals surface area contributed by atoms with Gasteiger partial charge in [-0.25, -0.2) is 9.97 Å². The van der Waals surface area contributed by atoms with E-state index in [-0.39, 0.29) is 11.8 Å². The maximum absolute atomic E-state index is 12.9. The Morgan fingerprint density at radius 3 is 2.62 bits per heavy atom. The smallest absolute Gasteiger partial charge is 0.272 e. The van der Waals surface area contributed by atoms with E-state index in [2.05, 4.69) is 15.0 Å². The van der Waals surface area contributed by atoms with Crippen LogP contribution in [0.4, 0.5) is 0 Å². The van der Waals surface area contributed by atoms with Gasteiger partial charge in [-0.3, -0.25) is 14.6 Å². The van der Waals surface area contributed by atoms with Crippen molar-refractivity contribution in [2.45, 2.75) is 32.2 Å². The number of rotatable bonds is 1. The summed E-state index contributed by atoms with van der Waals surface area (Å²) in [6.07, 6.45) is 4.52. The quantitative estimate of drug-likeness (QED) is 0.781. The molecular weight excluding hydrogens is 330 g/mol. The number of carbonyl (C=O) groups is 2. The molecule has 4 heterocycles. The van der Waals surface area contributed by atoms with Crippen molar-refractivity contribution in [2.75, 3.05) is 20.1 Å². The fourth-order valence-electron chi connectivity index (χ4n) is 4.04. The van der Waals surface area contributed by atoms with Crippen molar-refractivity contribution in [2.24, 2.45) is 0 Å². The Morgan fingerprint density at radius 1 is 1.15 bits per heavy atom. The van der Waals surface area contributed by atoms with Gasteiger partial charge in [-0.2, -0.15) is 0 Å². The van der Waals surface area contributed by atoms with Crippen LogP contribution >= 0.6 is 0 Å². The number of likely N-dealkylation sites (tertiary alicyclic amines) is 1. The first-order chi connectivity index (χ1) is 12.5. The van der Waals surface area contributed by atoms with Crippen molar-refractivity contribution in [1.82, 2.24) is 24.8 Å². The van der Waals surface area contributed by atoms with Crippen LogP contribution in [0.3, 0.4) is 0 Å². The first-order valence-corrected chi connectivity index (χ1v) is 8.77. The zero-order chi connectivity index (χ0) is 18.5. The number of amides is 2. The zero-order valence-corrected chi connectivity index (χ0v) is 15.2. The number of aromatic nitrogens is 3. The summed E-state index contributed by atoms with van der Waals surface area (Å²) in [6.45, 7) is 4.88. The molecule has 2 aromatic rings. The van der Waals surface area contributed by atoms with E-state index in [0.29, 0.717) is 37.2 Å². The summed E-state index contributed by atoms with van der Waals surface area (Å²) in [5, 5.41) is 0. The van der Waals surface area contributed by atoms with Gasteiger partial charge >= 0.3 is 0 Å². The van der Waals surface area contributed by atoms with Gasteiger partial charge in [0.15, 0.2) is 0 Å². The normalized spacial score (nSPS) is 18.3. The molecular formula is C19H21N5O2. The van der Waals surface area contributed by atoms with Crippen LogP contribution in [0.2, 0.25) is 0 Å². The van der Waals surface area contributed by atoms with Gasteiger partial charge in [0.2, 0.25) is 0 Å². The Balaban J connectivity index is 1.59. The largest absolute Gasteiger partial charge is 0.337 e. The Morgan fingerprint density at radius 2 is 1.88 bits per heavy atom. The van der Waals surface area contributed by atoms with E-state index in [9.17, 15) is 9.59 Å². The van der Waals surface area contributed by atoms with E-state index in [0.717, 1.165) is 17.0 Å². The molecule has 1 spiro atoms. The summed E-state index contributed by atoms with van der Waals surface area (Å²) >= 11 is 0. The lowest BCUT2D eigenvalue weighted by molar-refractivity contribution is 0.0333. The second kappa shape index (κ2) is 5.86. The number of hydrogen-bond acceptors (Lipinski definition) is 5. The SMILES string of the molecule is Cc1ncnc(C(=O)N2CCC3(CC2)c2ncccc2C(=O)N3C)c1C. The minimum atomic E-state index is -0.416. The summed E-state index contributed by atoms with van der Waals surface area (Å²) in [5.41, 5.74) is 3.20. The molecule has 0 aromatic carbocycles. The average molecular weight is 351 g/mol. The Bertz CT molecular complexity index is 903. The van der Waals surface area contributed by atoms with E-state index >= 15 is 0 Å². The lowest BCUT2D eigenvalue weighted by Crippen LogP contribution is -2.51. The van der Waals surface area contributed by atoms with Crippen LogP contribution in [0.25, 0.3) is 0 Å². The molecule has 2 aliphatic rings. The van der Waals surface area contributed by atoms with Crippen LogP contribution < -0.4 is 0 Å². The topological polar surface area (TPSA) is 79.3 Å². The predicted octanol–water partition coefficient (Wildman–Crippen LogP) is 1.71. The van der Waals surface area contributed by atoms with Crippen molar-refractivity contribution in [3.05, 3.63) is 52.9 Å². The highest BCUT2D eigenvalue weighted by molar-refractivity contribution is 5.99. The number of pyridine rings is 1. The Hall–Kier alpha value is -2.83. The monoisotopic (exact) mass is 351 g/mol. The van der Waals surface area contributed by atoms with Gasteiger partial charge in [0.05, 0.1) is 16.8 Å². The minimum absolute atomic E-state index is 0.00939. The van der Waals surface area contributed by atoms with E-state index in [1.54, 1.807) is 17.2 Å². The average Bonchev–Trinajstić information content (AvgIpc) is 2.87. The predicted molar refractivity (Wildman–Crippen MR) is 94.7 cm³/mol. The molecule has 0 aliphatic carbocycles. The molecule has 0 N–H and O–H groups in total. The van der Waals surface area contributed by atoms with Crippen molar-refractivity contribution in [3.63, 3.8) is 0 Å². The lowest BCUT2D eigenvalue weighted by atomic mass is 9.84. The van der Waals surface area contributed by atoms with Gasteiger partial charge in [0.25, 0.3) is 11.8 Å². The van der Waals surface area contributed by atoms with Crippen LogP contribution in [0.15, 0.2) is 24.7 Å². The third-order valence-electron chi connectivity index (χ3n) is 5.84. The number of carbonyl (C=O) groups excluding carboxylic acids is 2. The van der Waals surface area contributed by atoms with Crippen LogP contribution in [0, 0.1) is 13.8 Å². The highest BCUT2D eigenvalue weighted by atomic mass is 16.2. The molecule has 0 atom stereocenters. The second-order valence-electron chi connectivity index (χ2n) is 7.02. The van der Waals surface area contributed by atoms with Crippen molar-refractivity contribution in [1.29, 1.82) is 0 Å². The molecule has 4 rings (SSSR count). The summed E-state index contributed by atoms with van der Waals surface area (Å²) in [5.74, 6) is -0.0637. The molecule has 134 valence electrons. The first-order valence-electron chi connectivity index (χ1n) is 8.77. The van der Waals surface area contributed by atoms with Crippen LogP contribution in [-0.4, -0.2) is 56.7 Å². The number of fused-ring (bicyclic) bond motifs is 2. The fourth-order valence-corrected chi connectivity index (χ4v) is 4.04. The second-order valence-corrected chi connectivity index (χ2v) is 7.02. The van der Waals surface area contributed by atoms with Gasteiger partial charge < -0.3 is 9.80 Å². The summed E-state index contributed by atoms with van der Waals surface area (Å²) in [7, 11) is 1.83. The maximum atomic E-state index is 12.9. The molecule has 26 heavy (non-hydrogen) atoms. The molecule has 2 amide bonds. The van der Waals surface area contributed by atoms with E-state index in [1.807, 2.05) is 31.9 Å². The van der Waals surface area contributed by atoms with E-state index in [4.69, 9.17) is 0 Å². The molecule has 0 bridgehead atoms. The third kappa shape index (κ3) is 2.23. The zero-order valence-electron chi connectivity index (χ0n) is 15.2. The number of piperidine rings is 1. The van der Waals surface area contributed by atoms with Crippen molar-refractivity contribution in [3.8, 4) is 0 Å². The minimum Gasteiger partial charge on any atom is -0.337 e. The van der Waals surface area contributed by atoms with E-state index in [1.165, 1.54) is 6.33 Å². The standard InChI is InChI=1S/C19H21N5O2/c1-12-13(2)21-11-22-15(12)18(26)24-9-6-19(7-10-24)16-14(5-4-8-20-16)17(25)23(19)3/h4-5,8,11H,6-7,9-10H2,1-3H3. The number of hydrogen-bond donors (Lipinski definition) is 0. The maximum Gasteiger partial charge on any atom is 0.272 e. The van der Waals surface area contributed by atoms with Crippen LogP contribution in [-0.2, 0) is 5.54 Å². The third-order valence-corrected chi connectivity index (χ3v) is 5.84. The molecule has 0 unspecified atom stereocenters. The van der Waals surface area contributed by atoms with Gasteiger partial charge in [0.1, 0.15) is 12.0 Å². The molecule has 7 nitrogen and oxygen atoms in total. The summed E-state index contributed by atoms with van der Waals surface area (Å²) in [6, 6.07) is 3.63. The summed E-state index contributed by atoms with van der Waals surface area (Å²) in [4.78, 5) is 41.9. The van der Waals surface area contributed by atoms with Gasteiger partial charge in [-0.1, -0.05) is 0 Å². The molecule has 2 aromatic heterocycles. The Kier molecular flexibility index (Phi) is 3.75. The van der Waals surface area contributed by atoms with Gasteiger partial charge in [0, 0.05) is 37.6 Å². The highest BCUT2D eigenvalue weighted by Crippen LogP contribution is 2.44. The number of aryl methyl sites for hydroxylation is 1. The number of nitrogens with zero attached hydrogens (tertiary/aromatic N) is 5. The van der Waals surface area contributed by atoms with Crippen molar-refractivity contribution < 1.29 is 9.59 Å². The highest BCUT2D eigenvalue weighted by Gasteiger charge is 2.50. The van der Waals surface area contributed by atoms with Crippen LogP contribution in [0.1, 0.15) is 50.6 Å². The molecule has 0 saturated carbocycles. The van der Waals surface area contributed by atoms with Gasteiger partial charge in [-0.15, -0.1) is 0 Å². The Labute approximate surface area is 152 Å². The first kappa shape index (κ1) is 16.6. The fraction of sp³-hybridized carbons (Fsp3) is 0.421. The van der Waals surface area contributed by atoms with E-state index < -0.39 is 5.54 Å². The lowest BCUT2D eigenvalue weighted by Gasteiger charge is -2.43. The molecule has 7 heteroatoms. The van der Waals surface area contributed by atoms with Crippen LogP contribution in [0.5, 0.6) is 0 Å². The molecule has 1 fully saturated rings. The van der Waals surface area contributed by atoms with Gasteiger partial charge in [-0.05, 0) is 38.8 Å². The molecule has 1 saturated heterocycles.